The summed E-state index contributed by atoms with van der Waals surface area (Å²) in [5.41, 5.74) is 6.89. The SMILES string of the molecule is Cc1ccc(-n2c(-c3ccccc3NS(=O)(=O)c3ccccc3)nc(-c3ccccc3)c2-c2ccccc2)cc1. The average Bonchev–Trinajstić information content (AvgIpc) is 3.39. The summed E-state index contributed by atoms with van der Waals surface area (Å²) in [6.45, 7) is 2.06. The average molecular weight is 542 g/mol. The van der Waals surface area contributed by atoms with Gasteiger partial charge in [0.05, 0.1) is 22.0 Å². The summed E-state index contributed by atoms with van der Waals surface area (Å²) in [5.74, 6) is 0.632. The van der Waals surface area contributed by atoms with Crippen molar-refractivity contribution in [3.8, 4) is 39.6 Å². The molecule has 0 aliphatic heterocycles. The van der Waals surface area contributed by atoms with Gasteiger partial charge in [-0.2, -0.15) is 0 Å². The number of para-hydroxylation sites is 1. The minimum atomic E-state index is -3.82. The summed E-state index contributed by atoms with van der Waals surface area (Å²) in [7, 11) is -3.82. The van der Waals surface area contributed by atoms with E-state index >= 15 is 0 Å². The molecule has 6 aromatic rings. The van der Waals surface area contributed by atoms with Crippen molar-refractivity contribution < 1.29 is 8.42 Å². The van der Waals surface area contributed by atoms with Crippen LogP contribution in [-0.4, -0.2) is 18.0 Å². The van der Waals surface area contributed by atoms with Crippen LogP contribution in [-0.2, 0) is 10.0 Å². The Kier molecular flexibility index (Phi) is 6.76. The molecule has 0 radical (unpaired) electrons. The van der Waals surface area contributed by atoms with E-state index in [4.69, 9.17) is 4.98 Å². The number of aryl methyl sites for hydroxylation is 1. The van der Waals surface area contributed by atoms with Crippen molar-refractivity contribution in [2.75, 3.05) is 4.72 Å². The molecule has 0 spiro atoms. The van der Waals surface area contributed by atoms with Crippen molar-refractivity contribution in [1.29, 1.82) is 0 Å². The molecule has 0 fully saturated rings. The third kappa shape index (κ3) is 4.93. The van der Waals surface area contributed by atoms with Gasteiger partial charge in [0.25, 0.3) is 10.0 Å². The van der Waals surface area contributed by atoms with E-state index in [0.717, 1.165) is 33.8 Å². The number of rotatable bonds is 7. The lowest BCUT2D eigenvalue weighted by atomic mass is 10.0. The van der Waals surface area contributed by atoms with Gasteiger partial charge >= 0.3 is 0 Å². The molecule has 40 heavy (non-hydrogen) atoms. The van der Waals surface area contributed by atoms with Gasteiger partial charge in [0.2, 0.25) is 0 Å². The van der Waals surface area contributed by atoms with E-state index in [-0.39, 0.29) is 4.90 Å². The summed E-state index contributed by atoms with van der Waals surface area (Å²) in [6, 6.07) is 44.3. The molecule has 1 heterocycles. The van der Waals surface area contributed by atoms with Crippen LogP contribution in [0.25, 0.3) is 39.6 Å². The highest BCUT2D eigenvalue weighted by Gasteiger charge is 2.25. The Balaban J connectivity index is 1.63. The Hall–Kier alpha value is -4.94. The fraction of sp³-hybridized carbons (Fsp3) is 0.0294. The number of nitrogens with one attached hydrogen (secondary N) is 1. The van der Waals surface area contributed by atoms with Crippen molar-refractivity contribution in [3.05, 3.63) is 145 Å². The predicted octanol–water partition coefficient (Wildman–Crippen LogP) is 7.98. The van der Waals surface area contributed by atoms with Gasteiger partial charge in [-0.3, -0.25) is 9.29 Å². The lowest BCUT2D eigenvalue weighted by Crippen LogP contribution is -2.14. The molecule has 5 aromatic carbocycles. The predicted molar refractivity (Wildman–Crippen MR) is 162 cm³/mol. The van der Waals surface area contributed by atoms with Crippen LogP contribution < -0.4 is 4.72 Å². The number of hydrogen-bond acceptors (Lipinski definition) is 3. The molecule has 0 saturated carbocycles. The number of aromatic nitrogens is 2. The fourth-order valence-electron chi connectivity index (χ4n) is 4.78. The van der Waals surface area contributed by atoms with Gasteiger partial charge in [0.1, 0.15) is 5.82 Å². The maximum atomic E-state index is 13.4. The van der Waals surface area contributed by atoms with Crippen LogP contribution in [0.2, 0.25) is 0 Å². The van der Waals surface area contributed by atoms with E-state index in [9.17, 15) is 8.42 Å². The molecule has 1 N–H and O–H groups in total. The summed E-state index contributed by atoms with van der Waals surface area (Å²) in [6.07, 6.45) is 0. The van der Waals surface area contributed by atoms with E-state index in [1.807, 2.05) is 66.7 Å². The van der Waals surface area contributed by atoms with Crippen LogP contribution in [0, 0.1) is 6.92 Å². The van der Waals surface area contributed by atoms with Crippen LogP contribution >= 0.6 is 0 Å². The summed E-state index contributed by atoms with van der Waals surface area (Å²) in [5, 5.41) is 0. The highest BCUT2D eigenvalue weighted by Crippen LogP contribution is 2.40. The van der Waals surface area contributed by atoms with Gasteiger partial charge in [0, 0.05) is 22.4 Å². The van der Waals surface area contributed by atoms with Crippen molar-refractivity contribution in [3.63, 3.8) is 0 Å². The molecule has 0 unspecified atom stereocenters. The van der Waals surface area contributed by atoms with Crippen molar-refractivity contribution in [2.45, 2.75) is 11.8 Å². The molecular weight excluding hydrogens is 514 g/mol. The quantitative estimate of drug-likeness (QED) is 0.223. The first-order valence-corrected chi connectivity index (χ1v) is 14.5. The molecule has 0 aliphatic rings. The van der Waals surface area contributed by atoms with Crippen LogP contribution in [0.1, 0.15) is 5.56 Å². The van der Waals surface area contributed by atoms with Gasteiger partial charge in [-0.25, -0.2) is 13.4 Å². The molecular formula is C34H27N3O2S. The van der Waals surface area contributed by atoms with Crippen molar-refractivity contribution in [2.24, 2.45) is 0 Å². The topological polar surface area (TPSA) is 64.0 Å². The number of nitrogens with zero attached hydrogens (tertiary/aromatic N) is 2. The largest absolute Gasteiger partial charge is 0.292 e. The third-order valence-electron chi connectivity index (χ3n) is 6.73. The summed E-state index contributed by atoms with van der Waals surface area (Å²) >= 11 is 0. The third-order valence-corrected chi connectivity index (χ3v) is 8.11. The van der Waals surface area contributed by atoms with Crippen LogP contribution in [0.15, 0.2) is 144 Å². The molecule has 6 rings (SSSR count). The second-order valence-corrected chi connectivity index (χ2v) is 11.2. The molecule has 0 bridgehead atoms. The number of benzene rings is 5. The van der Waals surface area contributed by atoms with Gasteiger partial charge in [0.15, 0.2) is 0 Å². The molecule has 5 nitrogen and oxygen atoms in total. The second kappa shape index (κ2) is 10.7. The Bertz CT molecular complexity index is 1870. The lowest BCUT2D eigenvalue weighted by molar-refractivity contribution is 0.601. The molecule has 0 saturated heterocycles. The number of anilines is 1. The van der Waals surface area contributed by atoms with E-state index in [1.165, 1.54) is 0 Å². The first-order valence-electron chi connectivity index (χ1n) is 13.0. The van der Waals surface area contributed by atoms with E-state index in [0.29, 0.717) is 17.1 Å². The fourth-order valence-corrected chi connectivity index (χ4v) is 5.88. The highest BCUT2D eigenvalue weighted by atomic mass is 32.2. The zero-order valence-electron chi connectivity index (χ0n) is 21.9. The van der Waals surface area contributed by atoms with Crippen LogP contribution in [0.4, 0.5) is 5.69 Å². The second-order valence-electron chi connectivity index (χ2n) is 9.50. The Morgan fingerprint density at radius 1 is 0.625 bits per heavy atom. The van der Waals surface area contributed by atoms with Gasteiger partial charge in [-0.1, -0.05) is 109 Å². The first kappa shape index (κ1) is 25.3. The van der Waals surface area contributed by atoms with E-state index in [1.54, 1.807) is 36.4 Å². The molecule has 1 aromatic heterocycles. The normalized spacial score (nSPS) is 11.3. The maximum Gasteiger partial charge on any atom is 0.261 e. The molecule has 196 valence electrons. The van der Waals surface area contributed by atoms with Gasteiger partial charge in [-0.15, -0.1) is 0 Å². The lowest BCUT2D eigenvalue weighted by Gasteiger charge is -2.16. The number of imidazole rings is 1. The highest BCUT2D eigenvalue weighted by molar-refractivity contribution is 7.92. The Labute approximate surface area is 234 Å². The molecule has 6 heteroatoms. The standard InChI is InChI=1S/C34H27N3O2S/c1-25-21-23-28(24-22-25)37-33(27-15-7-3-8-16-27)32(26-13-5-2-6-14-26)35-34(37)30-19-11-12-20-31(30)36-40(38,39)29-17-9-4-10-18-29/h2-24,36H,1H3. The van der Waals surface area contributed by atoms with Crippen LogP contribution in [0.5, 0.6) is 0 Å². The minimum absolute atomic E-state index is 0.196. The Morgan fingerprint density at radius 2 is 1.18 bits per heavy atom. The van der Waals surface area contributed by atoms with Crippen LogP contribution in [0.3, 0.4) is 0 Å². The summed E-state index contributed by atoms with van der Waals surface area (Å²) < 4.78 is 31.6. The van der Waals surface area contributed by atoms with E-state index < -0.39 is 10.0 Å². The molecule has 0 aliphatic carbocycles. The Morgan fingerprint density at radius 3 is 1.82 bits per heavy atom. The van der Waals surface area contributed by atoms with Gasteiger partial charge in [-0.05, 0) is 43.3 Å². The zero-order valence-corrected chi connectivity index (χ0v) is 22.7. The monoisotopic (exact) mass is 541 g/mol. The van der Waals surface area contributed by atoms with E-state index in [2.05, 4.69) is 52.6 Å². The van der Waals surface area contributed by atoms with Crippen molar-refractivity contribution >= 4 is 15.7 Å². The minimum Gasteiger partial charge on any atom is -0.292 e. The maximum absolute atomic E-state index is 13.4. The molecule has 0 atom stereocenters. The van der Waals surface area contributed by atoms with Crippen molar-refractivity contribution in [1.82, 2.24) is 9.55 Å². The zero-order chi connectivity index (χ0) is 27.5. The number of hydrogen-bond donors (Lipinski definition) is 1. The summed E-state index contributed by atoms with van der Waals surface area (Å²) in [4.78, 5) is 5.41. The molecule has 0 amide bonds. The smallest absolute Gasteiger partial charge is 0.261 e. The first-order chi connectivity index (χ1) is 19.5. The van der Waals surface area contributed by atoms with Gasteiger partial charge < -0.3 is 0 Å². The number of sulfonamides is 1.